The maximum atomic E-state index is 12.0. The molecule has 0 saturated carbocycles. The lowest BCUT2D eigenvalue weighted by atomic mass is 10.3. The molecule has 0 unspecified atom stereocenters. The molecular formula is C7H2ClF3N2O4S. The second-order valence-corrected chi connectivity index (χ2v) is 5.30. The van der Waals surface area contributed by atoms with E-state index in [1.165, 1.54) is 6.07 Å². The molecule has 0 fully saturated rings. The molecule has 0 radical (unpaired) electrons. The molecule has 98 valence electrons. The van der Waals surface area contributed by atoms with Crippen LogP contribution < -0.4 is 10.3 Å². The van der Waals surface area contributed by atoms with Gasteiger partial charge in [0, 0.05) is 16.7 Å². The van der Waals surface area contributed by atoms with Crippen LogP contribution in [0, 0.1) is 11.3 Å². The van der Waals surface area contributed by atoms with E-state index in [-0.39, 0.29) is 6.07 Å². The topological polar surface area (TPSA) is 100 Å². The number of ether oxygens (including phenoxy) is 1. The Kier molecular flexibility index (Phi) is 3.59. The van der Waals surface area contributed by atoms with Crippen LogP contribution >= 0.6 is 10.7 Å². The second kappa shape index (κ2) is 4.51. The summed E-state index contributed by atoms with van der Waals surface area (Å²) in [5.74, 6) is -1.36. The van der Waals surface area contributed by atoms with Crippen LogP contribution in [0.2, 0.25) is 0 Å². The van der Waals surface area contributed by atoms with Crippen LogP contribution in [0.3, 0.4) is 0 Å². The van der Waals surface area contributed by atoms with Gasteiger partial charge >= 0.3 is 6.36 Å². The molecule has 0 aliphatic heterocycles. The maximum Gasteiger partial charge on any atom is 0.573 e. The Morgan fingerprint density at radius 1 is 1.44 bits per heavy atom. The van der Waals surface area contributed by atoms with E-state index in [9.17, 15) is 26.4 Å². The Bertz CT molecular complexity index is 673. The highest BCUT2D eigenvalue weighted by Gasteiger charge is 2.35. The third-order valence-electron chi connectivity index (χ3n) is 1.54. The number of hydrogen-bond donors (Lipinski definition) is 1. The Labute approximate surface area is 102 Å². The number of pyridine rings is 1. The summed E-state index contributed by atoms with van der Waals surface area (Å²) in [6.45, 7) is 0. The highest BCUT2D eigenvalue weighted by Crippen LogP contribution is 2.31. The van der Waals surface area contributed by atoms with Crippen LogP contribution in [0.5, 0.6) is 5.75 Å². The third-order valence-corrected chi connectivity index (χ3v) is 2.90. The minimum Gasteiger partial charge on any atom is -0.404 e. The number of halogens is 4. The van der Waals surface area contributed by atoms with Crippen molar-refractivity contribution >= 4 is 19.7 Å². The van der Waals surface area contributed by atoms with Crippen molar-refractivity contribution in [2.45, 2.75) is 11.3 Å². The van der Waals surface area contributed by atoms with Gasteiger partial charge in [-0.2, -0.15) is 5.26 Å². The van der Waals surface area contributed by atoms with Gasteiger partial charge < -0.3 is 9.72 Å². The highest BCUT2D eigenvalue weighted by atomic mass is 35.7. The third kappa shape index (κ3) is 3.38. The fourth-order valence-corrected chi connectivity index (χ4v) is 2.19. The Hall–Kier alpha value is -1.73. The summed E-state index contributed by atoms with van der Waals surface area (Å²) in [7, 11) is 0.170. The molecule has 18 heavy (non-hydrogen) atoms. The summed E-state index contributed by atoms with van der Waals surface area (Å²) < 4.78 is 61.6. The standard InChI is InChI=1S/C7H2ClF3N2O4S/c8-18(15,16)6-3(2-12)13-5(14)1-4(6)17-7(9,10)11/h1H,(H,13,14). The van der Waals surface area contributed by atoms with Crippen molar-refractivity contribution in [3.8, 4) is 11.8 Å². The van der Waals surface area contributed by atoms with Crippen molar-refractivity contribution in [3.05, 3.63) is 22.1 Å². The number of rotatable bonds is 2. The molecule has 0 spiro atoms. The van der Waals surface area contributed by atoms with Crippen molar-refractivity contribution in [1.29, 1.82) is 5.26 Å². The quantitative estimate of drug-likeness (QED) is 0.824. The van der Waals surface area contributed by atoms with Gasteiger partial charge in [-0.1, -0.05) is 0 Å². The average molecular weight is 303 g/mol. The van der Waals surface area contributed by atoms with Gasteiger partial charge in [0.15, 0.2) is 10.6 Å². The van der Waals surface area contributed by atoms with Crippen molar-refractivity contribution in [3.63, 3.8) is 0 Å². The van der Waals surface area contributed by atoms with Crippen LogP contribution in [0.15, 0.2) is 15.8 Å². The molecule has 1 aromatic rings. The first-order valence-electron chi connectivity index (χ1n) is 3.92. The normalized spacial score (nSPS) is 11.9. The molecule has 0 amide bonds. The molecular weight excluding hydrogens is 301 g/mol. The average Bonchev–Trinajstić information content (AvgIpc) is 2.11. The molecule has 1 aromatic heterocycles. The minimum atomic E-state index is -5.24. The predicted octanol–water partition coefficient (Wildman–Crippen LogP) is 1.07. The summed E-state index contributed by atoms with van der Waals surface area (Å²) in [6, 6.07) is 1.43. The van der Waals surface area contributed by atoms with Gasteiger partial charge in [0.05, 0.1) is 0 Å². The van der Waals surface area contributed by atoms with Gasteiger partial charge in [0.1, 0.15) is 11.8 Å². The van der Waals surface area contributed by atoms with Crippen LogP contribution in [0.1, 0.15) is 5.69 Å². The van der Waals surface area contributed by atoms with E-state index in [0.29, 0.717) is 0 Å². The van der Waals surface area contributed by atoms with E-state index in [1.54, 1.807) is 4.98 Å². The first-order valence-corrected chi connectivity index (χ1v) is 6.23. The van der Waals surface area contributed by atoms with Crippen LogP contribution in [0.25, 0.3) is 0 Å². The van der Waals surface area contributed by atoms with Gasteiger partial charge in [-0.25, -0.2) is 8.42 Å². The molecule has 1 heterocycles. The van der Waals surface area contributed by atoms with E-state index in [1.807, 2.05) is 0 Å². The zero-order chi connectivity index (χ0) is 14.1. The Balaban J connectivity index is 3.65. The number of nitriles is 1. The molecule has 0 bridgehead atoms. The number of aromatic amines is 1. The van der Waals surface area contributed by atoms with Crippen molar-refractivity contribution < 1.29 is 26.3 Å². The monoisotopic (exact) mass is 302 g/mol. The summed E-state index contributed by atoms with van der Waals surface area (Å²) in [6.07, 6.45) is -5.24. The number of aromatic nitrogens is 1. The van der Waals surface area contributed by atoms with Crippen LogP contribution in [-0.4, -0.2) is 19.8 Å². The maximum absolute atomic E-state index is 12.0. The molecule has 0 aliphatic carbocycles. The molecule has 11 heteroatoms. The highest BCUT2D eigenvalue weighted by molar-refractivity contribution is 8.13. The number of H-pyrrole nitrogens is 1. The van der Waals surface area contributed by atoms with Crippen molar-refractivity contribution in [1.82, 2.24) is 4.98 Å². The lowest BCUT2D eigenvalue weighted by Gasteiger charge is -2.11. The SMILES string of the molecule is N#Cc1[nH]c(=O)cc(OC(F)(F)F)c1S(=O)(=O)Cl. The van der Waals surface area contributed by atoms with Gasteiger partial charge in [0.2, 0.25) is 0 Å². The van der Waals surface area contributed by atoms with Gasteiger partial charge in [-0.05, 0) is 0 Å². The molecule has 1 N–H and O–H groups in total. The lowest BCUT2D eigenvalue weighted by molar-refractivity contribution is -0.275. The minimum absolute atomic E-state index is 0.226. The van der Waals surface area contributed by atoms with E-state index in [2.05, 4.69) is 4.74 Å². The second-order valence-electron chi connectivity index (χ2n) is 2.80. The fourth-order valence-electron chi connectivity index (χ4n) is 1.05. The number of hydrogen-bond acceptors (Lipinski definition) is 5. The number of nitrogens with one attached hydrogen (secondary N) is 1. The molecule has 0 aliphatic rings. The Morgan fingerprint density at radius 2 is 2.00 bits per heavy atom. The summed E-state index contributed by atoms with van der Waals surface area (Å²) >= 11 is 0. The zero-order valence-corrected chi connectivity index (χ0v) is 9.65. The molecule has 0 atom stereocenters. The first kappa shape index (κ1) is 14.3. The summed E-state index contributed by atoms with van der Waals surface area (Å²) in [4.78, 5) is 11.4. The van der Waals surface area contributed by atoms with Crippen LogP contribution in [0.4, 0.5) is 13.2 Å². The molecule has 1 rings (SSSR count). The zero-order valence-electron chi connectivity index (χ0n) is 8.08. The van der Waals surface area contributed by atoms with Gasteiger partial charge in [-0.15, -0.1) is 13.2 Å². The summed E-state index contributed by atoms with van der Waals surface area (Å²) in [5.41, 5.74) is -2.09. The van der Waals surface area contributed by atoms with Crippen LogP contribution in [-0.2, 0) is 9.05 Å². The molecule has 0 saturated heterocycles. The van der Waals surface area contributed by atoms with Crippen molar-refractivity contribution in [2.24, 2.45) is 0 Å². The number of nitrogens with zero attached hydrogens (tertiary/aromatic N) is 1. The van der Waals surface area contributed by atoms with E-state index >= 15 is 0 Å². The van der Waals surface area contributed by atoms with E-state index in [0.717, 1.165) is 0 Å². The lowest BCUT2D eigenvalue weighted by Crippen LogP contribution is -2.21. The first-order chi connectivity index (χ1) is 8.04. The van der Waals surface area contributed by atoms with E-state index in [4.69, 9.17) is 15.9 Å². The fraction of sp³-hybridized carbons (Fsp3) is 0.143. The predicted molar refractivity (Wildman–Crippen MR) is 51.5 cm³/mol. The molecule has 6 nitrogen and oxygen atoms in total. The largest absolute Gasteiger partial charge is 0.573 e. The smallest absolute Gasteiger partial charge is 0.404 e. The van der Waals surface area contributed by atoms with E-state index < -0.39 is 37.3 Å². The molecule has 0 aromatic carbocycles. The Morgan fingerprint density at radius 3 is 2.39 bits per heavy atom. The number of alkyl halides is 3. The summed E-state index contributed by atoms with van der Waals surface area (Å²) in [5, 5.41) is 8.55. The van der Waals surface area contributed by atoms with Gasteiger partial charge in [-0.3, -0.25) is 4.79 Å². The van der Waals surface area contributed by atoms with Crippen molar-refractivity contribution in [2.75, 3.05) is 0 Å². The van der Waals surface area contributed by atoms with Gasteiger partial charge in [0.25, 0.3) is 14.6 Å².